The van der Waals surface area contributed by atoms with Crippen molar-refractivity contribution >= 4 is 29.0 Å². The summed E-state index contributed by atoms with van der Waals surface area (Å²) < 4.78 is 7.43. The fourth-order valence-electron chi connectivity index (χ4n) is 3.21. The molecule has 1 amide bonds. The van der Waals surface area contributed by atoms with Gasteiger partial charge in [-0.1, -0.05) is 6.08 Å². The monoisotopic (exact) mass is 359 g/mol. The number of benzene rings is 1. The van der Waals surface area contributed by atoms with Gasteiger partial charge in [0.1, 0.15) is 0 Å². The van der Waals surface area contributed by atoms with E-state index in [1.165, 1.54) is 4.57 Å². The molecule has 1 aromatic heterocycles. The molecule has 7 heteroatoms. The number of aromatic amines is 1. The summed E-state index contributed by atoms with van der Waals surface area (Å²) in [6.45, 7) is 9.00. The minimum Gasteiger partial charge on any atom is -0.372 e. The Bertz CT molecular complexity index is 937. The molecule has 0 bridgehead atoms. The fraction of sp³-hybridized carbons (Fsp3) is 0.389. The molecule has 0 spiro atoms. The van der Waals surface area contributed by atoms with Crippen LogP contribution in [0.15, 0.2) is 35.6 Å². The maximum absolute atomic E-state index is 12.8. The third-order valence-electron chi connectivity index (χ3n) is 4.25. The third-order valence-corrected chi connectivity index (χ3v) is 4.57. The van der Waals surface area contributed by atoms with Crippen LogP contribution in [0.25, 0.3) is 10.9 Å². The Kier molecular flexibility index (Phi) is 4.87. The SMILES string of the molecule is C=CCn1c(=S)[nH]c2cc(C(=O)N3CC(C)OC(C)C3)ccc2c1=O. The minimum absolute atomic E-state index is 0.00469. The van der Waals surface area contributed by atoms with E-state index in [0.717, 1.165) is 0 Å². The molecule has 3 rings (SSSR count). The quantitative estimate of drug-likeness (QED) is 0.675. The molecule has 2 aromatic rings. The molecule has 2 atom stereocenters. The summed E-state index contributed by atoms with van der Waals surface area (Å²) in [6, 6.07) is 5.05. The normalized spacial score (nSPS) is 20.6. The predicted octanol–water partition coefficient (Wildman–Crippen LogP) is 2.49. The van der Waals surface area contributed by atoms with Crippen LogP contribution in [0.2, 0.25) is 0 Å². The van der Waals surface area contributed by atoms with Crippen LogP contribution in [-0.4, -0.2) is 45.7 Å². The van der Waals surface area contributed by atoms with E-state index in [9.17, 15) is 9.59 Å². The topological polar surface area (TPSA) is 67.3 Å². The molecule has 1 aliphatic heterocycles. The molecule has 0 saturated carbocycles. The summed E-state index contributed by atoms with van der Waals surface area (Å²) in [4.78, 5) is 30.2. The van der Waals surface area contributed by atoms with Gasteiger partial charge in [0.05, 0.1) is 23.1 Å². The molecule has 1 aromatic carbocycles. The third kappa shape index (κ3) is 3.43. The molecular formula is C18H21N3O3S. The van der Waals surface area contributed by atoms with Crippen LogP contribution >= 0.6 is 12.2 Å². The van der Waals surface area contributed by atoms with Crippen molar-refractivity contribution in [2.24, 2.45) is 0 Å². The number of morpholine rings is 1. The van der Waals surface area contributed by atoms with E-state index in [2.05, 4.69) is 11.6 Å². The van der Waals surface area contributed by atoms with E-state index in [-0.39, 0.29) is 23.7 Å². The van der Waals surface area contributed by atoms with Gasteiger partial charge in [-0.25, -0.2) is 0 Å². The summed E-state index contributed by atoms with van der Waals surface area (Å²) in [5.74, 6) is -0.0708. The first-order valence-electron chi connectivity index (χ1n) is 8.23. The smallest absolute Gasteiger partial charge is 0.262 e. The molecule has 2 unspecified atom stereocenters. The number of carbonyl (C=O) groups is 1. The Morgan fingerprint density at radius 2 is 2.08 bits per heavy atom. The van der Waals surface area contributed by atoms with Gasteiger partial charge in [0, 0.05) is 25.2 Å². The average Bonchev–Trinajstić information content (AvgIpc) is 2.56. The Morgan fingerprint density at radius 3 is 2.72 bits per heavy atom. The average molecular weight is 359 g/mol. The maximum atomic E-state index is 12.8. The van der Waals surface area contributed by atoms with Gasteiger partial charge in [0.15, 0.2) is 4.77 Å². The second kappa shape index (κ2) is 6.93. The molecular weight excluding hydrogens is 338 g/mol. The Hall–Kier alpha value is -2.25. The number of ether oxygens (including phenoxy) is 1. The lowest BCUT2D eigenvalue weighted by Crippen LogP contribution is -2.48. The molecule has 25 heavy (non-hydrogen) atoms. The number of aromatic nitrogens is 2. The van der Waals surface area contributed by atoms with Crippen LogP contribution in [0.3, 0.4) is 0 Å². The van der Waals surface area contributed by atoms with E-state index in [1.807, 2.05) is 13.8 Å². The van der Waals surface area contributed by atoms with Crippen LogP contribution in [-0.2, 0) is 11.3 Å². The predicted molar refractivity (Wildman–Crippen MR) is 99.5 cm³/mol. The number of nitrogens with zero attached hydrogens (tertiary/aromatic N) is 2. The minimum atomic E-state index is -0.189. The van der Waals surface area contributed by atoms with Crippen molar-refractivity contribution in [3.63, 3.8) is 0 Å². The van der Waals surface area contributed by atoms with Crippen LogP contribution in [0, 0.1) is 4.77 Å². The van der Waals surface area contributed by atoms with Crippen molar-refractivity contribution in [2.45, 2.75) is 32.6 Å². The van der Waals surface area contributed by atoms with Crippen molar-refractivity contribution in [1.82, 2.24) is 14.5 Å². The lowest BCUT2D eigenvalue weighted by atomic mass is 10.1. The van der Waals surface area contributed by atoms with Crippen LogP contribution in [0.4, 0.5) is 0 Å². The highest BCUT2D eigenvalue weighted by atomic mass is 32.1. The van der Waals surface area contributed by atoms with Crippen molar-refractivity contribution in [1.29, 1.82) is 0 Å². The summed E-state index contributed by atoms with van der Waals surface area (Å²) in [5.41, 5.74) is 0.905. The zero-order valence-corrected chi connectivity index (χ0v) is 15.1. The summed E-state index contributed by atoms with van der Waals surface area (Å²) >= 11 is 5.25. The van der Waals surface area contributed by atoms with Crippen LogP contribution in [0.1, 0.15) is 24.2 Å². The molecule has 6 nitrogen and oxygen atoms in total. The zero-order chi connectivity index (χ0) is 18.1. The molecule has 132 valence electrons. The first-order valence-corrected chi connectivity index (χ1v) is 8.64. The lowest BCUT2D eigenvalue weighted by Gasteiger charge is -2.35. The molecule has 0 aliphatic carbocycles. The van der Waals surface area contributed by atoms with Crippen molar-refractivity contribution in [3.8, 4) is 0 Å². The molecule has 1 saturated heterocycles. The second-order valence-corrected chi connectivity index (χ2v) is 6.75. The van der Waals surface area contributed by atoms with Crippen molar-refractivity contribution in [2.75, 3.05) is 13.1 Å². The van der Waals surface area contributed by atoms with E-state index in [4.69, 9.17) is 17.0 Å². The number of rotatable bonds is 3. The summed E-state index contributed by atoms with van der Waals surface area (Å²) in [5, 5.41) is 0.496. The highest BCUT2D eigenvalue weighted by Crippen LogP contribution is 2.17. The second-order valence-electron chi connectivity index (χ2n) is 6.36. The number of nitrogens with one attached hydrogen (secondary N) is 1. The molecule has 0 radical (unpaired) electrons. The van der Waals surface area contributed by atoms with Gasteiger partial charge in [-0.05, 0) is 44.3 Å². The number of hydrogen-bond acceptors (Lipinski definition) is 4. The highest BCUT2D eigenvalue weighted by molar-refractivity contribution is 7.71. The van der Waals surface area contributed by atoms with E-state index in [1.54, 1.807) is 29.2 Å². The summed E-state index contributed by atoms with van der Waals surface area (Å²) in [6.07, 6.45) is 1.63. The Labute approximate surface area is 150 Å². The van der Waals surface area contributed by atoms with Gasteiger partial charge in [0.2, 0.25) is 0 Å². The van der Waals surface area contributed by atoms with Gasteiger partial charge in [-0.15, -0.1) is 6.58 Å². The van der Waals surface area contributed by atoms with Crippen LogP contribution < -0.4 is 5.56 Å². The van der Waals surface area contributed by atoms with E-state index >= 15 is 0 Å². The molecule has 1 aliphatic rings. The largest absolute Gasteiger partial charge is 0.372 e. The fourth-order valence-corrected chi connectivity index (χ4v) is 3.48. The highest BCUT2D eigenvalue weighted by Gasteiger charge is 2.26. The number of allylic oxidation sites excluding steroid dienone is 1. The molecule has 2 heterocycles. The standard InChI is InChI=1S/C18H21N3O3S/c1-4-7-21-17(23)14-6-5-13(8-15(14)19-18(21)25)16(22)20-9-11(2)24-12(3)10-20/h4-6,8,11-12H,1,7,9-10H2,2-3H3,(H,19,25). The number of hydrogen-bond donors (Lipinski definition) is 1. The lowest BCUT2D eigenvalue weighted by molar-refractivity contribution is -0.0586. The van der Waals surface area contributed by atoms with Gasteiger partial charge < -0.3 is 14.6 Å². The number of H-pyrrole nitrogens is 1. The van der Waals surface area contributed by atoms with Gasteiger partial charge in [-0.2, -0.15) is 0 Å². The van der Waals surface area contributed by atoms with Gasteiger partial charge in [-0.3, -0.25) is 14.2 Å². The van der Waals surface area contributed by atoms with Gasteiger partial charge >= 0.3 is 0 Å². The van der Waals surface area contributed by atoms with Crippen LogP contribution in [0.5, 0.6) is 0 Å². The first kappa shape index (κ1) is 17.6. The Morgan fingerprint density at radius 1 is 1.40 bits per heavy atom. The molecule has 1 fully saturated rings. The van der Waals surface area contributed by atoms with E-state index in [0.29, 0.717) is 40.9 Å². The zero-order valence-electron chi connectivity index (χ0n) is 14.3. The maximum Gasteiger partial charge on any atom is 0.262 e. The summed E-state index contributed by atoms with van der Waals surface area (Å²) in [7, 11) is 0. The van der Waals surface area contributed by atoms with Crippen molar-refractivity contribution < 1.29 is 9.53 Å². The number of fused-ring (bicyclic) bond motifs is 1. The Balaban J connectivity index is 2.00. The molecule has 1 N–H and O–H groups in total. The number of amides is 1. The number of carbonyl (C=O) groups excluding carboxylic acids is 1. The van der Waals surface area contributed by atoms with E-state index < -0.39 is 0 Å². The van der Waals surface area contributed by atoms with Crippen molar-refractivity contribution in [3.05, 3.63) is 51.5 Å². The first-order chi connectivity index (χ1) is 11.9. The van der Waals surface area contributed by atoms with Gasteiger partial charge in [0.25, 0.3) is 11.5 Å².